The molecule has 0 aromatic heterocycles. The molecule has 0 aliphatic rings. The van der Waals surface area contributed by atoms with Gasteiger partial charge >= 0.3 is 0 Å². The molecule has 0 fully saturated rings. The molecule has 0 amide bonds. The summed E-state index contributed by atoms with van der Waals surface area (Å²) in [6.07, 6.45) is -1.00. The second-order valence-corrected chi connectivity index (χ2v) is 4.43. The highest BCUT2D eigenvalue weighted by Crippen LogP contribution is 2.33. The summed E-state index contributed by atoms with van der Waals surface area (Å²) < 4.78 is 26.0. The molecule has 1 N–H and O–H groups in total. The van der Waals surface area contributed by atoms with E-state index < -0.39 is 23.2 Å². The molecule has 1 rings (SSSR count). The first-order chi connectivity index (χ1) is 6.32. The van der Waals surface area contributed by atoms with E-state index in [1.807, 2.05) is 0 Å². The predicted octanol–water partition coefficient (Wildman–Crippen LogP) is 3.04. The van der Waals surface area contributed by atoms with Gasteiger partial charge in [-0.3, -0.25) is 0 Å². The zero-order valence-corrected chi connectivity index (χ0v) is 8.51. The Kier molecular flexibility index (Phi) is 2.90. The zero-order chi connectivity index (χ0) is 10.9. The summed E-state index contributed by atoms with van der Waals surface area (Å²) in [5.41, 5.74) is -0.494. The van der Waals surface area contributed by atoms with Gasteiger partial charge in [0.2, 0.25) is 0 Å². The lowest BCUT2D eigenvalue weighted by Gasteiger charge is -2.26. The Balaban J connectivity index is 3.12. The van der Waals surface area contributed by atoms with Crippen LogP contribution in [0.2, 0.25) is 0 Å². The molecule has 78 valence electrons. The fourth-order valence-corrected chi connectivity index (χ4v) is 1.19. The van der Waals surface area contributed by atoms with E-state index in [1.165, 1.54) is 0 Å². The Morgan fingerprint density at radius 3 is 2.29 bits per heavy atom. The number of aliphatic hydroxyl groups excluding tert-OH is 1. The molecule has 0 heterocycles. The van der Waals surface area contributed by atoms with Crippen molar-refractivity contribution in [2.24, 2.45) is 5.41 Å². The standard InChI is InChI=1S/C11H14F2O/c1-11(2,3)10(14)8-6-7(12)4-5-9(8)13/h4-6,10,14H,1-3H3. The molecular formula is C11H14F2O. The Bertz CT molecular complexity index is 329. The van der Waals surface area contributed by atoms with E-state index in [4.69, 9.17) is 0 Å². The maximum absolute atomic E-state index is 13.2. The second-order valence-electron chi connectivity index (χ2n) is 4.43. The highest BCUT2D eigenvalue weighted by molar-refractivity contribution is 5.22. The molecule has 0 bridgehead atoms. The molecule has 1 aromatic rings. The Hall–Kier alpha value is -0.960. The molecule has 1 nitrogen and oxygen atoms in total. The summed E-state index contributed by atoms with van der Waals surface area (Å²) in [4.78, 5) is 0. The highest BCUT2D eigenvalue weighted by atomic mass is 19.1. The van der Waals surface area contributed by atoms with Crippen molar-refractivity contribution in [3.8, 4) is 0 Å². The molecule has 0 aliphatic carbocycles. The summed E-state index contributed by atoms with van der Waals surface area (Å²) in [7, 11) is 0. The van der Waals surface area contributed by atoms with E-state index in [-0.39, 0.29) is 5.56 Å². The normalized spacial score (nSPS) is 14.1. The smallest absolute Gasteiger partial charge is 0.129 e. The minimum atomic E-state index is -1.00. The van der Waals surface area contributed by atoms with Crippen LogP contribution < -0.4 is 0 Å². The number of hydrogen-bond acceptors (Lipinski definition) is 1. The van der Waals surface area contributed by atoms with Crippen molar-refractivity contribution >= 4 is 0 Å². The molecule has 1 unspecified atom stereocenters. The molecule has 3 heteroatoms. The SMILES string of the molecule is CC(C)(C)C(O)c1cc(F)ccc1F. The number of halogens is 2. The van der Waals surface area contributed by atoms with Gasteiger partial charge in [0.1, 0.15) is 11.6 Å². The molecule has 0 saturated carbocycles. The van der Waals surface area contributed by atoms with Crippen LogP contribution in [0, 0.1) is 17.0 Å². The van der Waals surface area contributed by atoms with Gasteiger partial charge in [0.05, 0.1) is 6.10 Å². The van der Waals surface area contributed by atoms with Crippen molar-refractivity contribution in [3.63, 3.8) is 0 Å². The lowest BCUT2D eigenvalue weighted by molar-refractivity contribution is 0.0592. The molecule has 0 radical (unpaired) electrons. The van der Waals surface area contributed by atoms with Crippen molar-refractivity contribution < 1.29 is 13.9 Å². The van der Waals surface area contributed by atoms with E-state index in [2.05, 4.69) is 0 Å². The third-order valence-corrected chi connectivity index (χ3v) is 2.07. The Morgan fingerprint density at radius 2 is 1.79 bits per heavy atom. The summed E-state index contributed by atoms with van der Waals surface area (Å²) in [6, 6.07) is 3.10. The Labute approximate surface area is 82.4 Å². The van der Waals surface area contributed by atoms with E-state index in [0.29, 0.717) is 0 Å². The van der Waals surface area contributed by atoms with E-state index in [1.54, 1.807) is 20.8 Å². The van der Waals surface area contributed by atoms with Crippen molar-refractivity contribution in [1.82, 2.24) is 0 Å². The summed E-state index contributed by atoms with van der Waals surface area (Å²) in [5.74, 6) is -1.11. The molecule has 0 saturated heterocycles. The van der Waals surface area contributed by atoms with Crippen LogP contribution >= 0.6 is 0 Å². The quantitative estimate of drug-likeness (QED) is 0.738. The minimum absolute atomic E-state index is 0.0116. The zero-order valence-electron chi connectivity index (χ0n) is 8.51. The number of rotatable bonds is 1. The molecule has 1 aromatic carbocycles. The van der Waals surface area contributed by atoms with Crippen LogP contribution in [0.1, 0.15) is 32.4 Å². The molecule has 1 atom stereocenters. The van der Waals surface area contributed by atoms with Gasteiger partial charge in [0.25, 0.3) is 0 Å². The topological polar surface area (TPSA) is 20.2 Å². The second kappa shape index (κ2) is 3.65. The van der Waals surface area contributed by atoms with Crippen LogP contribution in [0.3, 0.4) is 0 Å². The maximum Gasteiger partial charge on any atom is 0.129 e. The van der Waals surface area contributed by atoms with Crippen molar-refractivity contribution in [1.29, 1.82) is 0 Å². The monoisotopic (exact) mass is 200 g/mol. The first-order valence-corrected chi connectivity index (χ1v) is 4.45. The molecular weight excluding hydrogens is 186 g/mol. The van der Waals surface area contributed by atoms with Gasteiger partial charge in [-0.05, 0) is 23.6 Å². The largest absolute Gasteiger partial charge is 0.388 e. The highest BCUT2D eigenvalue weighted by Gasteiger charge is 2.26. The predicted molar refractivity (Wildman–Crippen MR) is 50.8 cm³/mol. The molecule has 0 aliphatic heterocycles. The average Bonchev–Trinajstić information content (AvgIpc) is 2.06. The number of aliphatic hydroxyl groups is 1. The van der Waals surface area contributed by atoms with Gasteiger partial charge < -0.3 is 5.11 Å². The number of benzene rings is 1. The van der Waals surface area contributed by atoms with Gasteiger partial charge in [-0.25, -0.2) is 8.78 Å². The van der Waals surface area contributed by atoms with Crippen molar-refractivity contribution in [3.05, 3.63) is 35.4 Å². The maximum atomic E-state index is 13.2. The third kappa shape index (κ3) is 2.29. The van der Waals surface area contributed by atoms with Crippen LogP contribution in [0.4, 0.5) is 8.78 Å². The fourth-order valence-electron chi connectivity index (χ4n) is 1.19. The van der Waals surface area contributed by atoms with Crippen LogP contribution in [-0.2, 0) is 0 Å². The van der Waals surface area contributed by atoms with Crippen LogP contribution in [-0.4, -0.2) is 5.11 Å². The summed E-state index contributed by atoms with van der Waals surface area (Å²) in [5, 5.41) is 9.76. The van der Waals surface area contributed by atoms with Gasteiger partial charge in [0.15, 0.2) is 0 Å². The van der Waals surface area contributed by atoms with Gasteiger partial charge in [-0.15, -0.1) is 0 Å². The van der Waals surface area contributed by atoms with Crippen LogP contribution in [0.15, 0.2) is 18.2 Å². The van der Waals surface area contributed by atoms with E-state index in [9.17, 15) is 13.9 Å². The lowest BCUT2D eigenvalue weighted by atomic mass is 9.84. The first-order valence-electron chi connectivity index (χ1n) is 4.45. The van der Waals surface area contributed by atoms with Crippen molar-refractivity contribution in [2.45, 2.75) is 26.9 Å². The molecule has 14 heavy (non-hydrogen) atoms. The molecule has 0 spiro atoms. The first kappa shape index (κ1) is 11.1. The van der Waals surface area contributed by atoms with Gasteiger partial charge in [-0.1, -0.05) is 20.8 Å². The summed E-state index contributed by atoms with van der Waals surface area (Å²) in [6.45, 7) is 5.30. The van der Waals surface area contributed by atoms with Gasteiger partial charge in [0, 0.05) is 5.56 Å². The number of hydrogen-bond donors (Lipinski definition) is 1. The van der Waals surface area contributed by atoms with E-state index in [0.717, 1.165) is 18.2 Å². The third-order valence-electron chi connectivity index (χ3n) is 2.07. The lowest BCUT2D eigenvalue weighted by Crippen LogP contribution is -2.19. The minimum Gasteiger partial charge on any atom is -0.388 e. The Morgan fingerprint density at radius 1 is 1.21 bits per heavy atom. The van der Waals surface area contributed by atoms with Crippen LogP contribution in [0.25, 0.3) is 0 Å². The van der Waals surface area contributed by atoms with Crippen LogP contribution in [0.5, 0.6) is 0 Å². The van der Waals surface area contributed by atoms with Gasteiger partial charge in [-0.2, -0.15) is 0 Å². The van der Waals surface area contributed by atoms with E-state index >= 15 is 0 Å². The van der Waals surface area contributed by atoms with Crippen molar-refractivity contribution in [2.75, 3.05) is 0 Å². The fraction of sp³-hybridized carbons (Fsp3) is 0.455. The summed E-state index contributed by atoms with van der Waals surface area (Å²) >= 11 is 0. The average molecular weight is 200 g/mol.